The number of amides is 2. The molecule has 2 heterocycles. The number of alkyl halides is 3. The third-order valence-corrected chi connectivity index (χ3v) is 5.70. The highest BCUT2D eigenvalue weighted by Gasteiger charge is 2.24. The molecule has 4 rings (SSSR count). The minimum absolute atomic E-state index is 0.00292. The van der Waals surface area contributed by atoms with Crippen molar-refractivity contribution in [2.75, 3.05) is 19.0 Å². The first-order valence-electron chi connectivity index (χ1n) is 11.2. The molecule has 0 saturated carbocycles. The average molecular weight is 580 g/mol. The summed E-state index contributed by atoms with van der Waals surface area (Å²) in [7, 11) is 1.27. The Morgan fingerprint density at radius 1 is 1.10 bits per heavy atom. The summed E-state index contributed by atoms with van der Waals surface area (Å²) in [6.45, 7) is -0.979. The zero-order valence-corrected chi connectivity index (χ0v) is 21.1. The lowest BCUT2D eigenvalue weighted by Crippen LogP contribution is -2.31. The molecule has 16 heteroatoms. The number of pyridine rings is 1. The summed E-state index contributed by atoms with van der Waals surface area (Å²) in [5.41, 5.74) is -0.752. The van der Waals surface area contributed by atoms with E-state index in [-0.39, 0.29) is 17.0 Å². The van der Waals surface area contributed by atoms with Crippen molar-refractivity contribution in [1.82, 2.24) is 30.1 Å². The van der Waals surface area contributed by atoms with Crippen molar-refractivity contribution in [3.8, 4) is 22.6 Å². The largest absolute Gasteiger partial charge is 0.495 e. The highest BCUT2D eigenvalue weighted by Crippen LogP contribution is 2.35. The van der Waals surface area contributed by atoms with Crippen LogP contribution in [0.2, 0.25) is 5.02 Å². The van der Waals surface area contributed by atoms with Crippen molar-refractivity contribution in [2.45, 2.75) is 12.7 Å². The minimum atomic E-state index is -2.83. The van der Waals surface area contributed by atoms with Gasteiger partial charge in [0.1, 0.15) is 17.9 Å². The van der Waals surface area contributed by atoms with Gasteiger partial charge >= 0.3 is 0 Å². The van der Waals surface area contributed by atoms with Crippen LogP contribution in [0.4, 0.5) is 23.2 Å². The quantitative estimate of drug-likeness (QED) is 0.290. The van der Waals surface area contributed by atoms with Crippen LogP contribution in [-0.4, -0.2) is 56.7 Å². The van der Waals surface area contributed by atoms with Crippen LogP contribution < -0.4 is 20.9 Å². The van der Waals surface area contributed by atoms with Gasteiger partial charge in [0.2, 0.25) is 0 Å². The second-order valence-electron chi connectivity index (χ2n) is 8.04. The second kappa shape index (κ2) is 11.9. The minimum Gasteiger partial charge on any atom is -0.495 e. The Hall–Kier alpha value is -4.79. The molecule has 1 unspecified atom stereocenters. The molecule has 0 radical (unpaired) electrons. The Morgan fingerprint density at radius 2 is 1.88 bits per heavy atom. The van der Waals surface area contributed by atoms with Crippen LogP contribution >= 0.6 is 11.6 Å². The molecule has 0 saturated heterocycles. The maximum Gasteiger partial charge on any atom is 0.280 e. The van der Waals surface area contributed by atoms with E-state index in [1.165, 1.54) is 24.2 Å². The van der Waals surface area contributed by atoms with Crippen LogP contribution in [0.1, 0.15) is 16.7 Å². The summed E-state index contributed by atoms with van der Waals surface area (Å²) in [4.78, 5) is 37.3. The number of carbonyl (C=O) groups is 2. The van der Waals surface area contributed by atoms with Crippen molar-refractivity contribution in [3.05, 3.63) is 81.7 Å². The number of aromatic nitrogens is 5. The molecule has 2 aromatic carbocycles. The van der Waals surface area contributed by atoms with E-state index in [9.17, 15) is 27.6 Å². The van der Waals surface area contributed by atoms with Crippen molar-refractivity contribution in [3.63, 3.8) is 0 Å². The van der Waals surface area contributed by atoms with Crippen LogP contribution in [0.5, 0.6) is 5.75 Å². The number of benzene rings is 2. The monoisotopic (exact) mass is 579 g/mol. The Labute approximate surface area is 227 Å². The summed E-state index contributed by atoms with van der Waals surface area (Å²) < 4.78 is 61.2. The SMILES string of the molecule is COc1cn(C(F)C(=O)Nc2ccc(C(=O)NCC(F)F)c(F)c2)c(=O)cc1-c1cc(Cl)ccc1-n1cnnn1. The molecule has 4 aromatic rings. The maximum absolute atomic E-state index is 15.2. The van der Waals surface area contributed by atoms with Gasteiger partial charge in [-0.05, 0) is 46.8 Å². The van der Waals surface area contributed by atoms with Crippen LogP contribution in [0, 0.1) is 5.82 Å². The van der Waals surface area contributed by atoms with Crippen molar-refractivity contribution >= 4 is 29.1 Å². The molecule has 0 spiro atoms. The Morgan fingerprint density at radius 3 is 2.52 bits per heavy atom. The first-order valence-corrected chi connectivity index (χ1v) is 11.6. The highest BCUT2D eigenvalue weighted by atomic mass is 35.5. The predicted molar refractivity (Wildman–Crippen MR) is 134 cm³/mol. The van der Waals surface area contributed by atoms with E-state index in [0.717, 1.165) is 24.4 Å². The van der Waals surface area contributed by atoms with Crippen molar-refractivity contribution in [1.29, 1.82) is 0 Å². The van der Waals surface area contributed by atoms with E-state index in [1.807, 2.05) is 5.32 Å². The Balaban J connectivity index is 1.60. The van der Waals surface area contributed by atoms with Crippen molar-refractivity contribution in [2.24, 2.45) is 0 Å². The number of carbonyl (C=O) groups excluding carboxylic acids is 2. The molecule has 0 aliphatic carbocycles. The number of halogens is 5. The van der Waals surface area contributed by atoms with Gasteiger partial charge in [0.15, 0.2) is 0 Å². The fourth-order valence-electron chi connectivity index (χ4n) is 3.64. The third-order valence-electron chi connectivity index (χ3n) is 5.47. The van der Waals surface area contributed by atoms with Gasteiger partial charge in [0, 0.05) is 27.9 Å². The smallest absolute Gasteiger partial charge is 0.280 e. The number of tetrazole rings is 1. The average Bonchev–Trinajstić information content (AvgIpc) is 3.46. The van der Waals surface area contributed by atoms with Crippen LogP contribution in [0.15, 0.2) is 59.8 Å². The number of ether oxygens (including phenoxy) is 1. The van der Waals surface area contributed by atoms with Gasteiger partial charge in [-0.25, -0.2) is 17.6 Å². The molecule has 0 aliphatic rings. The lowest BCUT2D eigenvalue weighted by atomic mass is 10.0. The lowest BCUT2D eigenvalue weighted by Gasteiger charge is -2.17. The zero-order valence-electron chi connectivity index (χ0n) is 20.3. The van der Waals surface area contributed by atoms with E-state index in [2.05, 4.69) is 20.8 Å². The van der Waals surface area contributed by atoms with Crippen LogP contribution in [0.3, 0.4) is 0 Å². The summed E-state index contributed by atoms with van der Waals surface area (Å²) in [5.74, 6) is -3.59. The normalized spacial score (nSPS) is 11.8. The fraction of sp³-hybridized carbons (Fsp3) is 0.167. The number of rotatable bonds is 9. The van der Waals surface area contributed by atoms with E-state index in [1.54, 1.807) is 12.1 Å². The number of hydrogen-bond donors (Lipinski definition) is 2. The van der Waals surface area contributed by atoms with Crippen LogP contribution in [-0.2, 0) is 4.79 Å². The van der Waals surface area contributed by atoms with Gasteiger partial charge in [-0.2, -0.15) is 4.68 Å². The highest BCUT2D eigenvalue weighted by molar-refractivity contribution is 6.31. The summed E-state index contributed by atoms with van der Waals surface area (Å²) in [5, 5.41) is 15.2. The molecule has 40 heavy (non-hydrogen) atoms. The standard InChI is InChI=1S/C24H18ClF4N7O4/c1-40-19-10-35(21(37)8-16(19)15-6-12(25)2-5-18(15)36-11-31-33-34-36)22(29)24(39)32-13-3-4-14(17(26)7-13)23(38)30-9-20(27)28/h2-8,10-11,20,22H,9H2,1H3,(H,30,38)(H,32,39). The van der Waals surface area contributed by atoms with E-state index in [4.69, 9.17) is 16.3 Å². The Bertz CT molecular complexity index is 1620. The molecule has 2 aromatic heterocycles. The number of nitrogens with zero attached hydrogens (tertiary/aromatic N) is 5. The van der Waals surface area contributed by atoms with Gasteiger partial charge in [-0.1, -0.05) is 11.6 Å². The third kappa shape index (κ3) is 6.09. The molecule has 0 fully saturated rings. The molecule has 0 bridgehead atoms. The predicted octanol–water partition coefficient (Wildman–Crippen LogP) is 3.39. The molecule has 2 N–H and O–H groups in total. The van der Waals surface area contributed by atoms with Gasteiger partial charge in [0.25, 0.3) is 30.1 Å². The molecular weight excluding hydrogens is 562 g/mol. The van der Waals surface area contributed by atoms with E-state index in [0.29, 0.717) is 26.9 Å². The maximum atomic E-state index is 15.2. The summed E-state index contributed by atoms with van der Waals surface area (Å²) in [6.07, 6.45) is -3.12. The molecule has 2 amide bonds. The van der Waals surface area contributed by atoms with E-state index < -0.39 is 48.0 Å². The van der Waals surface area contributed by atoms with Gasteiger partial charge in [-0.3, -0.25) is 19.0 Å². The first-order chi connectivity index (χ1) is 19.1. The number of methoxy groups -OCH3 is 1. The number of anilines is 1. The molecule has 11 nitrogen and oxygen atoms in total. The first kappa shape index (κ1) is 28.2. The van der Waals surface area contributed by atoms with Gasteiger partial charge in [0.05, 0.1) is 31.1 Å². The molecule has 1 atom stereocenters. The van der Waals surface area contributed by atoms with Crippen LogP contribution in [0.25, 0.3) is 16.8 Å². The Kier molecular flexibility index (Phi) is 8.43. The molecule has 208 valence electrons. The van der Waals surface area contributed by atoms with Gasteiger partial charge < -0.3 is 15.4 Å². The fourth-order valence-corrected chi connectivity index (χ4v) is 3.82. The summed E-state index contributed by atoms with van der Waals surface area (Å²) >= 11 is 6.15. The topological polar surface area (TPSA) is 133 Å². The summed E-state index contributed by atoms with van der Waals surface area (Å²) in [6, 6.07) is 8.41. The molecule has 0 aliphatic heterocycles. The number of hydrogen-bond acceptors (Lipinski definition) is 7. The number of nitrogens with one attached hydrogen (secondary N) is 2. The van der Waals surface area contributed by atoms with E-state index >= 15 is 4.39 Å². The second-order valence-corrected chi connectivity index (χ2v) is 8.47. The van der Waals surface area contributed by atoms with Crippen molar-refractivity contribution < 1.29 is 31.9 Å². The zero-order chi connectivity index (χ0) is 29.0. The lowest BCUT2D eigenvalue weighted by molar-refractivity contribution is -0.123. The molecular formula is C24H18ClF4N7O4. The van der Waals surface area contributed by atoms with Gasteiger partial charge in [-0.15, -0.1) is 5.10 Å².